The van der Waals surface area contributed by atoms with Gasteiger partial charge in [0.2, 0.25) is 39.3 Å². The lowest BCUT2D eigenvalue weighted by atomic mass is 9.61. The van der Waals surface area contributed by atoms with Crippen LogP contribution < -0.4 is 0 Å². The van der Waals surface area contributed by atoms with E-state index in [-0.39, 0.29) is 59.6 Å². The highest BCUT2D eigenvalue weighted by Crippen LogP contribution is 2.53. The zero-order valence-corrected chi connectivity index (χ0v) is 83.9. The normalized spacial score (nSPS) is 18.7. The first-order valence-corrected chi connectivity index (χ1v) is 48.1. The highest BCUT2D eigenvalue weighted by atomic mass is 19.4. The molecule has 720 valence electrons. The highest BCUT2D eigenvalue weighted by molar-refractivity contribution is 5.52. The molecule has 0 radical (unpaired) electrons. The molecule has 6 aromatic carbocycles. The maximum atomic E-state index is 12.8. The lowest BCUT2D eigenvalue weighted by molar-refractivity contribution is -0.138. The standard InChI is InChI=1S/2C19H25F3N2.2C19H25N3.C19H28N2.C18H23N3/c1-17(2,3)18(14-23-4)9-11-24(12-10-18)13-15-5-7-16(8-6-15)19(20,21)22;1-17(2,3)18(14-23-4)8-10-24(11-9-18)13-15-6-5-7-16(12-15)19(20,21)22;1-18(2,3)19(15-20-4)10-12-22(13-11-19)14-16-8-6-7-9-17(16)21-5;1-18(2,3)19(15-21-4)9-11-22(12-10-19)14-17-7-5-16(13-20)6-8-17;1-16-8-6-7-9-17(16)14-21-12-10-19(11-13-21,15-20-5)18(2,3)4;1-15(2)18(14-20-3)7-9-21(10-8-18)13-17-6-4-5-16(11-17)12-19/h5-8H,9-14H2,1-3H3;5-7,12H,8-11,13-14H2,1-3H3;6-9H,10-15H2,1-3H3;5-8H,9-12,14-15H2,1-3H3;6-9H,10-15H2,1-4H3;4-6,11,15H,7-10,13-14H2,1-2H3. The van der Waals surface area contributed by atoms with Crippen LogP contribution in [0.15, 0.2) is 146 Å². The van der Waals surface area contributed by atoms with E-state index in [0.717, 1.165) is 222 Å². The largest absolute Gasteiger partial charge is 0.416 e. The smallest absolute Gasteiger partial charge is 0.316 e. The molecule has 6 aliphatic rings. The van der Waals surface area contributed by atoms with Crippen LogP contribution in [0.5, 0.6) is 0 Å². The van der Waals surface area contributed by atoms with Gasteiger partial charge in [0.1, 0.15) is 0 Å². The fourth-order valence-electron chi connectivity index (χ4n) is 20.5. The van der Waals surface area contributed by atoms with Gasteiger partial charge < -0.3 is 34.0 Å². The number of aryl methyl sites for hydroxylation is 1. The van der Waals surface area contributed by atoms with E-state index in [0.29, 0.717) is 69.4 Å². The van der Waals surface area contributed by atoms with E-state index in [1.165, 1.54) is 34.4 Å². The molecule has 6 saturated heterocycles. The minimum atomic E-state index is -4.30. The second kappa shape index (κ2) is 48.7. The van der Waals surface area contributed by atoms with Gasteiger partial charge in [0.05, 0.1) is 41.0 Å². The molecule has 6 aromatic rings. The Morgan fingerprint density at radius 3 is 0.918 bits per heavy atom. The van der Waals surface area contributed by atoms with Gasteiger partial charge in [-0.25, -0.2) is 44.3 Å². The van der Waals surface area contributed by atoms with E-state index < -0.39 is 23.5 Å². The fraction of sp³-hybridized carbons (Fsp3) is 0.602. The van der Waals surface area contributed by atoms with Gasteiger partial charge in [0.25, 0.3) is 0 Å². The predicted octanol–water partition coefficient (Wildman–Crippen LogP) is 27.7. The molecule has 6 heterocycles. The molecule has 12 rings (SSSR count). The summed E-state index contributed by atoms with van der Waals surface area (Å²) in [7, 11) is 0. The molecule has 0 saturated carbocycles. The zero-order valence-electron chi connectivity index (χ0n) is 83.9. The van der Waals surface area contributed by atoms with Gasteiger partial charge in [-0.3, -0.25) is 24.5 Å². The van der Waals surface area contributed by atoms with E-state index in [9.17, 15) is 26.3 Å². The third kappa shape index (κ3) is 30.8. The third-order valence-corrected chi connectivity index (χ3v) is 31.9. The average Bonchev–Trinajstić information content (AvgIpc) is 0.799. The number of benzene rings is 6. The van der Waals surface area contributed by atoms with Crippen molar-refractivity contribution in [1.82, 2.24) is 29.4 Å². The summed E-state index contributed by atoms with van der Waals surface area (Å²) in [5.41, 5.74) is 10.4. The topological polar surface area (TPSA) is 97.5 Å². The van der Waals surface area contributed by atoms with Crippen molar-refractivity contribution >= 4 is 5.69 Å². The van der Waals surface area contributed by atoms with Gasteiger partial charge in [0, 0.05) is 71.8 Å². The van der Waals surface area contributed by atoms with Gasteiger partial charge in [-0.15, -0.1) is 0 Å². The summed E-state index contributed by atoms with van der Waals surface area (Å²) in [6.07, 6.45) is 3.98. The second-order valence-electron chi connectivity index (χ2n) is 44.4. The van der Waals surface area contributed by atoms with E-state index >= 15 is 0 Å². The number of likely N-dealkylation sites (tertiary alicyclic amines) is 6. The first kappa shape index (κ1) is 111. The van der Waals surface area contributed by atoms with Crippen molar-refractivity contribution in [2.75, 3.05) is 118 Å². The van der Waals surface area contributed by atoms with E-state index in [4.69, 9.17) is 56.5 Å². The Bertz CT molecular complexity index is 5070. The van der Waals surface area contributed by atoms with Crippen LogP contribution in [0.2, 0.25) is 0 Å². The lowest BCUT2D eigenvalue weighted by Gasteiger charge is -2.46. The average molecular weight is 1830 g/mol. The van der Waals surface area contributed by atoms with Gasteiger partial charge in [-0.2, -0.15) is 36.9 Å². The van der Waals surface area contributed by atoms with Gasteiger partial charge in [0.15, 0.2) is 5.69 Å². The molecule has 6 fully saturated rings. The number of hydrogen-bond acceptors (Lipinski definition) is 8. The molecule has 0 N–H and O–H groups in total. The Morgan fingerprint density at radius 2 is 0.604 bits per heavy atom. The summed E-state index contributed by atoms with van der Waals surface area (Å²) >= 11 is 0. The zero-order chi connectivity index (χ0) is 99.3. The summed E-state index contributed by atoms with van der Waals surface area (Å²) in [6.45, 7) is 112. The van der Waals surface area contributed by atoms with Crippen LogP contribution in [0, 0.1) is 141 Å². The number of rotatable bonds is 19. The predicted molar refractivity (Wildman–Crippen MR) is 532 cm³/mol. The number of nitriles is 2. The summed E-state index contributed by atoms with van der Waals surface area (Å²) in [5, 5.41) is 17.8. The minimum absolute atomic E-state index is 0.000925. The number of piperidine rings is 6. The van der Waals surface area contributed by atoms with Gasteiger partial charge in [-0.05, 0) is 277 Å². The van der Waals surface area contributed by atoms with Crippen LogP contribution in [0.4, 0.5) is 32.0 Å². The number of hydrogen-bond donors (Lipinski definition) is 0. The third-order valence-electron chi connectivity index (χ3n) is 31.9. The van der Waals surface area contributed by atoms with Crippen molar-refractivity contribution in [1.29, 1.82) is 10.5 Å². The molecular formula is C113H151F6N15. The summed E-state index contributed by atoms with van der Waals surface area (Å²) < 4.78 is 76.3. The van der Waals surface area contributed by atoms with Crippen LogP contribution in [0.3, 0.4) is 0 Å². The number of halogens is 6. The summed E-state index contributed by atoms with van der Waals surface area (Å²) in [6, 6.07) is 47.6. The first-order chi connectivity index (χ1) is 62.9. The maximum Gasteiger partial charge on any atom is 0.416 e. The molecule has 0 aliphatic carbocycles. The van der Waals surface area contributed by atoms with Crippen molar-refractivity contribution < 1.29 is 26.3 Å². The molecule has 21 heteroatoms. The molecule has 0 bridgehead atoms. The van der Waals surface area contributed by atoms with Crippen LogP contribution >= 0.6 is 0 Å². The van der Waals surface area contributed by atoms with Gasteiger partial charge >= 0.3 is 12.4 Å². The Labute approximate surface area is 802 Å². The second-order valence-corrected chi connectivity index (χ2v) is 44.4. The molecule has 0 amide bonds. The lowest BCUT2D eigenvalue weighted by Crippen LogP contribution is -2.48. The quantitative estimate of drug-likeness (QED) is 0.0584. The van der Waals surface area contributed by atoms with Crippen LogP contribution in [-0.2, 0) is 51.6 Å². The van der Waals surface area contributed by atoms with Crippen molar-refractivity contribution in [2.45, 2.75) is 253 Å². The van der Waals surface area contributed by atoms with Crippen LogP contribution in [0.1, 0.15) is 256 Å². The minimum Gasteiger partial charge on any atom is -0.316 e. The van der Waals surface area contributed by atoms with Crippen LogP contribution in [-0.4, -0.2) is 147 Å². The molecule has 0 unspecified atom stereocenters. The molecular weight excluding hydrogens is 1680 g/mol. The number of para-hydroxylation sites is 1. The fourth-order valence-corrected chi connectivity index (χ4v) is 20.5. The van der Waals surface area contributed by atoms with Crippen molar-refractivity contribution in [3.8, 4) is 12.1 Å². The van der Waals surface area contributed by atoms with Crippen molar-refractivity contribution in [3.05, 3.63) is 287 Å². The molecule has 0 aromatic heterocycles. The molecule has 15 nitrogen and oxygen atoms in total. The maximum absolute atomic E-state index is 12.8. The van der Waals surface area contributed by atoms with Crippen molar-refractivity contribution in [3.63, 3.8) is 0 Å². The highest BCUT2D eigenvalue weighted by Gasteiger charge is 2.52. The van der Waals surface area contributed by atoms with Crippen LogP contribution in [0.25, 0.3) is 33.9 Å². The molecule has 0 spiro atoms. The van der Waals surface area contributed by atoms with E-state index in [2.05, 4.69) is 236 Å². The van der Waals surface area contributed by atoms with Crippen molar-refractivity contribution in [2.24, 2.45) is 65.5 Å². The van der Waals surface area contributed by atoms with E-state index in [1.54, 1.807) is 18.2 Å². The Morgan fingerprint density at radius 1 is 0.313 bits per heavy atom. The summed E-state index contributed by atoms with van der Waals surface area (Å²) in [4.78, 5) is 40.2. The summed E-state index contributed by atoms with van der Waals surface area (Å²) in [5.74, 6) is 0.565. The Hall–Kier alpha value is -9.93. The monoisotopic (exact) mass is 1830 g/mol. The number of nitrogens with zero attached hydrogens (tertiary/aromatic N) is 15. The SMILES string of the molecule is [C-]#[N+]CC1(C(C)(C)C)CCN(Cc2ccc(C#N)cc2)CC1.[C-]#[N+]CC1(C(C)(C)C)CCN(Cc2ccc(C(F)(F)F)cc2)CC1.[C-]#[N+]CC1(C(C)(C)C)CCN(Cc2cccc(C(F)(F)F)c2)CC1.[C-]#[N+]CC1(C(C)(C)C)CCN(Cc2ccccc2C)CC1.[C-]#[N+]CC1(C(C)(C)C)CCN(Cc2ccccc2[N+]#[C-])CC1.[C-]#[N+]CC1(C(C)C)CCN(Cc2cccc(C#N)c2)CC1. The molecule has 0 atom stereocenters. The molecule has 6 aliphatic heterocycles. The number of alkyl halides is 6. The molecule has 134 heavy (non-hydrogen) atoms. The Balaban J connectivity index is 0.000000220. The first-order valence-electron chi connectivity index (χ1n) is 48.1. The Kier molecular flexibility index (Phi) is 40.4. The van der Waals surface area contributed by atoms with Gasteiger partial charge in [-0.1, -0.05) is 221 Å². The van der Waals surface area contributed by atoms with E-state index in [1.807, 2.05) is 60.7 Å².